The Morgan fingerprint density at radius 1 is 1.67 bits per heavy atom. The van der Waals surface area contributed by atoms with Gasteiger partial charge in [0, 0.05) is 11.3 Å². The van der Waals surface area contributed by atoms with Gasteiger partial charge >= 0.3 is 0 Å². The van der Waals surface area contributed by atoms with Gasteiger partial charge in [0.25, 0.3) is 0 Å². The summed E-state index contributed by atoms with van der Waals surface area (Å²) in [5.74, 6) is 0. The second-order valence-corrected chi connectivity index (χ2v) is 2.98. The Bertz CT molecular complexity index is 278. The predicted octanol–water partition coefficient (Wildman–Crippen LogP) is 1.04. The van der Waals surface area contributed by atoms with Gasteiger partial charge in [0.15, 0.2) is 0 Å². The van der Waals surface area contributed by atoms with E-state index in [0.717, 1.165) is 5.69 Å². The zero-order chi connectivity index (χ0) is 9.14. The number of hydrogen-bond donors (Lipinski definition) is 2. The minimum Gasteiger partial charge on any atom is -0.394 e. The summed E-state index contributed by atoms with van der Waals surface area (Å²) in [6.07, 6.45) is 0. The first-order valence-electron chi connectivity index (χ1n) is 3.64. The van der Waals surface area contributed by atoms with Crippen LogP contribution in [0.2, 0.25) is 5.15 Å². The van der Waals surface area contributed by atoms with Crippen molar-refractivity contribution in [2.75, 3.05) is 6.61 Å². The molecule has 0 aliphatic carbocycles. The molecule has 12 heavy (non-hydrogen) atoms. The number of aliphatic hydroxyl groups is 1. The van der Waals surface area contributed by atoms with Crippen molar-refractivity contribution >= 4 is 11.6 Å². The lowest BCUT2D eigenvalue weighted by atomic mass is 10.1. The lowest BCUT2D eigenvalue weighted by Gasteiger charge is -2.09. The van der Waals surface area contributed by atoms with Crippen LogP contribution in [0.25, 0.3) is 0 Å². The van der Waals surface area contributed by atoms with E-state index in [-0.39, 0.29) is 6.61 Å². The fourth-order valence-electron chi connectivity index (χ4n) is 0.911. The summed E-state index contributed by atoms with van der Waals surface area (Å²) in [6.45, 7) is 1.73. The number of aliphatic hydroxyl groups excluding tert-OH is 1. The lowest BCUT2D eigenvalue weighted by Crippen LogP contribution is -2.15. The molecule has 66 valence electrons. The fraction of sp³-hybridized carbons (Fsp3) is 0.375. The lowest BCUT2D eigenvalue weighted by molar-refractivity contribution is 0.268. The molecule has 0 unspecified atom stereocenters. The molecule has 0 saturated heterocycles. The summed E-state index contributed by atoms with van der Waals surface area (Å²) in [7, 11) is 0. The Balaban J connectivity index is 3.01. The molecule has 0 spiro atoms. The van der Waals surface area contributed by atoms with Gasteiger partial charge in [-0.25, -0.2) is 4.98 Å². The Labute approximate surface area is 76.2 Å². The van der Waals surface area contributed by atoms with Crippen LogP contribution in [0.3, 0.4) is 0 Å². The number of nitrogens with two attached hydrogens (primary N) is 1. The van der Waals surface area contributed by atoms with Gasteiger partial charge in [0.2, 0.25) is 0 Å². The molecule has 0 saturated carbocycles. The van der Waals surface area contributed by atoms with Crippen molar-refractivity contribution in [3.8, 4) is 0 Å². The fourth-order valence-corrected chi connectivity index (χ4v) is 1.25. The largest absolute Gasteiger partial charge is 0.394 e. The highest BCUT2D eigenvalue weighted by atomic mass is 35.5. The minimum absolute atomic E-state index is 0.121. The van der Waals surface area contributed by atoms with E-state index < -0.39 is 6.04 Å². The van der Waals surface area contributed by atoms with Crippen LogP contribution in [-0.4, -0.2) is 16.7 Å². The van der Waals surface area contributed by atoms with Gasteiger partial charge in [0.05, 0.1) is 12.6 Å². The molecular formula is C8H11ClN2O. The summed E-state index contributed by atoms with van der Waals surface area (Å²) < 4.78 is 0. The third kappa shape index (κ3) is 1.94. The summed E-state index contributed by atoms with van der Waals surface area (Å²) in [6, 6.07) is 3.16. The first-order chi connectivity index (χ1) is 5.65. The van der Waals surface area contributed by atoms with Crippen LogP contribution >= 0.6 is 11.6 Å². The Kier molecular flexibility index (Phi) is 3.03. The maximum atomic E-state index is 8.77. The molecule has 1 aromatic heterocycles. The number of halogens is 1. The molecule has 4 heteroatoms. The third-order valence-electron chi connectivity index (χ3n) is 1.61. The molecule has 0 aliphatic rings. The van der Waals surface area contributed by atoms with Crippen LogP contribution in [0.4, 0.5) is 0 Å². The maximum absolute atomic E-state index is 8.77. The zero-order valence-corrected chi connectivity index (χ0v) is 7.54. The van der Waals surface area contributed by atoms with Crippen molar-refractivity contribution in [2.45, 2.75) is 13.0 Å². The Hall–Kier alpha value is -0.640. The van der Waals surface area contributed by atoms with Crippen molar-refractivity contribution in [2.24, 2.45) is 5.73 Å². The van der Waals surface area contributed by atoms with E-state index in [1.165, 1.54) is 0 Å². The van der Waals surface area contributed by atoms with Gasteiger partial charge in [0.1, 0.15) is 5.15 Å². The van der Waals surface area contributed by atoms with Crippen molar-refractivity contribution in [1.82, 2.24) is 4.98 Å². The topological polar surface area (TPSA) is 59.1 Å². The molecule has 1 aromatic rings. The van der Waals surface area contributed by atoms with Crippen molar-refractivity contribution in [3.05, 3.63) is 28.5 Å². The Morgan fingerprint density at radius 2 is 2.33 bits per heavy atom. The summed E-state index contributed by atoms with van der Waals surface area (Å²) in [4.78, 5) is 4.02. The smallest absolute Gasteiger partial charge is 0.134 e. The molecule has 3 N–H and O–H groups in total. The monoisotopic (exact) mass is 186 g/mol. The maximum Gasteiger partial charge on any atom is 0.134 e. The van der Waals surface area contributed by atoms with Crippen LogP contribution in [-0.2, 0) is 0 Å². The van der Waals surface area contributed by atoms with E-state index in [1.54, 1.807) is 6.07 Å². The second kappa shape index (κ2) is 3.85. The van der Waals surface area contributed by atoms with Gasteiger partial charge in [-0.3, -0.25) is 0 Å². The van der Waals surface area contributed by atoms with Gasteiger partial charge in [-0.05, 0) is 13.0 Å². The summed E-state index contributed by atoms with van der Waals surface area (Å²) in [5.41, 5.74) is 7.10. The van der Waals surface area contributed by atoms with E-state index >= 15 is 0 Å². The highest BCUT2D eigenvalue weighted by molar-refractivity contribution is 6.30. The average Bonchev–Trinajstić information content (AvgIpc) is 2.03. The highest BCUT2D eigenvalue weighted by Gasteiger charge is 2.09. The van der Waals surface area contributed by atoms with E-state index in [4.69, 9.17) is 22.4 Å². The number of hydrogen-bond acceptors (Lipinski definition) is 3. The third-order valence-corrected chi connectivity index (χ3v) is 1.92. The number of pyridine rings is 1. The van der Waals surface area contributed by atoms with Crippen LogP contribution in [0.15, 0.2) is 12.1 Å². The van der Waals surface area contributed by atoms with Gasteiger partial charge in [-0.15, -0.1) is 0 Å². The van der Waals surface area contributed by atoms with Crippen LogP contribution in [0.1, 0.15) is 17.3 Å². The number of aromatic nitrogens is 1. The molecule has 0 amide bonds. The molecule has 3 nitrogen and oxygen atoms in total. The molecule has 1 heterocycles. The molecule has 1 rings (SSSR count). The van der Waals surface area contributed by atoms with E-state index in [9.17, 15) is 0 Å². The normalized spacial score (nSPS) is 13.0. The molecule has 0 aliphatic heterocycles. The molecule has 1 atom stereocenters. The minimum atomic E-state index is -0.439. The van der Waals surface area contributed by atoms with E-state index in [2.05, 4.69) is 4.98 Å². The van der Waals surface area contributed by atoms with Gasteiger partial charge in [-0.2, -0.15) is 0 Å². The Morgan fingerprint density at radius 3 is 2.83 bits per heavy atom. The van der Waals surface area contributed by atoms with Crippen molar-refractivity contribution < 1.29 is 5.11 Å². The van der Waals surface area contributed by atoms with E-state index in [1.807, 2.05) is 13.0 Å². The van der Waals surface area contributed by atoms with Gasteiger partial charge < -0.3 is 10.8 Å². The quantitative estimate of drug-likeness (QED) is 0.679. The SMILES string of the molecule is Cc1ccc([C@@H](N)CO)c(Cl)n1. The molecule has 0 aromatic carbocycles. The average molecular weight is 187 g/mol. The number of rotatable bonds is 2. The summed E-state index contributed by atoms with van der Waals surface area (Å²) in [5, 5.41) is 9.14. The van der Waals surface area contributed by atoms with Crippen LogP contribution in [0, 0.1) is 6.92 Å². The van der Waals surface area contributed by atoms with Gasteiger partial charge in [-0.1, -0.05) is 17.7 Å². The highest BCUT2D eigenvalue weighted by Crippen LogP contribution is 2.18. The molecule has 0 bridgehead atoms. The predicted molar refractivity (Wildman–Crippen MR) is 48.0 cm³/mol. The standard InChI is InChI=1S/C8H11ClN2O/c1-5-2-3-6(7(10)4-12)8(9)11-5/h2-3,7,12H,4,10H2,1H3/t7-/m0/s1. The summed E-state index contributed by atoms with van der Waals surface area (Å²) >= 11 is 5.80. The second-order valence-electron chi connectivity index (χ2n) is 2.62. The number of nitrogens with zero attached hydrogens (tertiary/aromatic N) is 1. The molecular weight excluding hydrogens is 176 g/mol. The number of aryl methyl sites for hydroxylation is 1. The van der Waals surface area contributed by atoms with Crippen LogP contribution in [0.5, 0.6) is 0 Å². The molecule has 0 fully saturated rings. The van der Waals surface area contributed by atoms with Crippen molar-refractivity contribution in [1.29, 1.82) is 0 Å². The van der Waals surface area contributed by atoms with Crippen molar-refractivity contribution in [3.63, 3.8) is 0 Å². The van der Waals surface area contributed by atoms with E-state index in [0.29, 0.717) is 10.7 Å². The first kappa shape index (κ1) is 9.45. The zero-order valence-electron chi connectivity index (χ0n) is 6.79. The molecule has 0 radical (unpaired) electrons. The first-order valence-corrected chi connectivity index (χ1v) is 4.02. The van der Waals surface area contributed by atoms with Crippen LogP contribution < -0.4 is 5.73 Å².